The van der Waals surface area contributed by atoms with E-state index in [2.05, 4.69) is 4.98 Å². The summed E-state index contributed by atoms with van der Waals surface area (Å²) in [5.41, 5.74) is 8.16. The molecule has 0 spiro atoms. The third-order valence-corrected chi connectivity index (χ3v) is 3.47. The van der Waals surface area contributed by atoms with Crippen LogP contribution in [0, 0.1) is 0 Å². The lowest BCUT2D eigenvalue weighted by Gasteiger charge is -2.31. The first-order chi connectivity index (χ1) is 8.57. The molecule has 1 heterocycles. The third-order valence-electron chi connectivity index (χ3n) is 3.47. The Morgan fingerprint density at radius 2 is 2.22 bits per heavy atom. The van der Waals surface area contributed by atoms with Crippen LogP contribution < -0.4 is 5.73 Å². The summed E-state index contributed by atoms with van der Waals surface area (Å²) < 4.78 is 4.83. The number of hydrogen-bond acceptors (Lipinski definition) is 3. The van der Waals surface area contributed by atoms with Crippen LogP contribution in [-0.2, 0) is 17.6 Å². The average Bonchev–Trinajstić information content (AvgIpc) is 2.65. The molecule has 0 bridgehead atoms. The molecule has 2 aromatic rings. The average molecular weight is 246 g/mol. The van der Waals surface area contributed by atoms with Crippen LogP contribution in [0.4, 0.5) is 4.79 Å². The van der Waals surface area contributed by atoms with Gasteiger partial charge in [0.1, 0.15) is 0 Å². The second-order valence-corrected chi connectivity index (χ2v) is 4.74. The Hall–Kier alpha value is -2.01. The van der Waals surface area contributed by atoms with E-state index in [0.717, 1.165) is 22.2 Å². The summed E-state index contributed by atoms with van der Waals surface area (Å²) in [5, 5.41) is 9.83. The number of aryl methyl sites for hydroxylation is 1. The SMILES string of the molecule is NC1(OC(=O)O)CCc2[nH]c3ccccc3c2C1. The van der Waals surface area contributed by atoms with E-state index in [1.807, 2.05) is 24.3 Å². The van der Waals surface area contributed by atoms with E-state index in [-0.39, 0.29) is 0 Å². The second-order valence-electron chi connectivity index (χ2n) is 4.74. The van der Waals surface area contributed by atoms with Crippen molar-refractivity contribution in [1.82, 2.24) is 4.98 Å². The molecule has 0 radical (unpaired) electrons. The smallest absolute Gasteiger partial charge is 0.450 e. The zero-order valence-corrected chi connectivity index (χ0v) is 9.77. The van der Waals surface area contributed by atoms with Crippen molar-refractivity contribution in [3.05, 3.63) is 35.5 Å². The molecule has 94 valence electrons. The van der Waals surface area contributed by atoms with Gasteiger partial charge in [0.05, 0.1) is 0 Å². The summed E-state index contributed by atoms with van der Waals surface area (Å²) in [6, 6.07) is 7.94. The molecule has 1 unspecified atom stereocenters. The number of carboxylic acid groups (broad SMARTS) is 1. The van der Waals surface area contributed by atoms with Gasteiger partial charge in [-0.15, -0.1) is 0 Å². The molecule has 0 saturated carbocycles. The molecule has 5 nitrogen and oxygen atoms in total. The number of para-hydroxylation sites is 1. The summed E-state index contributed by atoms with van der Waals surface area (Å²) >= 11 is 0. The van der Waals surface area contributed by atoms with Crippen molar-refractivity contribution in [3.8, 4) is 0 Å². The van der Waals surface area contributed by atoms with Crippen LogP contribution in [0.3, 0.4) is 0 Å². The Kier molecular flexibility index (Phi) is 2.31. The van der Waals surface area contributed by atoms with E-state index >= 15 is 0 Å². The largest absolute Gasteiger partial charge is 0.507 e. The van der Waals surface area contributed by atoms with Crippen LogP contribution in [0.1, 0.15) is 17.7 Å². The summed E-state index contributed by atoms with van der Waals surface area (Å²) in [4.78, 5) is 14.0. The van der Waals surface area contributed by atoms with Crippen molar-refractivity contribution < 1.29 is 14.6 Å². The topological polar surface area (TPSA) is 88.3 Å². The first-order valence-corrected chi connectivity index (χ1v) is 5.87. The predicted molar refractivity (Wildman–Crippen MR) is 66.4 cm³/mol. The lowest BCUT2D eigenvalue weighted by molar-refractivity contribution is -0.0235. The molecule has 1 atom stereocenters. The number of benzene rings is 1. The monoisotopic (exact) mass is 246 g/mol. The zero-order valence-electron chi connectivity index (χ0n) is 9.77. The van der Waals surface area contributed by atoms with E-state index in [4.69, 9.17) is 15.6 Å². The van der Waals surface area contributed by atoms with E-state index in [9.17, 15) is 4.79 Å². The molecular weight excluding hydrogens is 232 g/mol. The predicted octanol–water partition coefficient (Wildman–Crippen LogP) is 2.01. The molecule has 0 saturated heterocycles. The van der Waals surface area contributed by atoms with Gasteiger partial charge in [-0.05, 0) is 18.1 Å². The number of aromatic nitrogens is 1. The fourth-order valence-corrected chi connectivity index (χ4v) is 2.66. The number of H-pyrrole nitrogens is 1. The van der Waals surface area contributed by atoms with Gasteiger partial charge in [-0.25, -0.2) is 4.79 Å². The van der Waals surface area contributed by atoms with Gasteiger partial charge in [-0.2, -0.15) is 0 Å². The van der Waals surface area contributed by atoms with Crippen LogP contribution in [0.25, 0.3) is 10.9 Å². The van der Waals surface area contributed by atoms with Crippen LogP contribution in [0.2, 0.25) is 0 Å². The minimum Gasteiger partial charge on any atom is -0.450 e. The van der Waals surface area contributed by atoms with Gasteiger partial charge in [0.2, 0.25) is 0 Å². The maximum Gasteiger partial charge on any atom is 0.507 e. The van der Waals surface area contributed by atoms with Crippen LogP contribution >= 0.6 is 0 Å². The highest BCUT2D eigenvalue weighted by atomic mass is 16.7. The molecule has 5 heteroatoms. The molecule has 1 aromatic carbocycles. The Morgan fingerprint density at radius 1 is 1.44 bits per heavy atom. The van der Waals surface area contributed by atoms with E-state index in [1.165, 1.54) is 0 Å². The summed E-state index contributed by atoms with van der Waals surface area (Å²) in [5.74, 6) is 0. The number of carbonyl (C=O) groups is 1. The number of aromatic amines is 1. The molecule has 18 heavy (non-hydrogen) atoms. The van der Waals surface area contributed by atoms with Gasteiger partial charge in [-0.3, -0.25) is 5.73 Å². The number of fused-ring (bicyclic) bond motifs is 3. The lowest BCUT2D eigenvalue weighted by Crippen LogP contribution is -2.48. The Morgan fingerprint density at radius 3 is 3.00 bits per heavy atom. The maximum atomic E-state index is 10.7. The zero-order chi connectivity index (χ0) is 12.8. The van der Waals surface area contributed by atoms with Crippen molar-refractivity contribution in [2.24, 2.45) is 5.73 Å². The number of nitrogens with one attached hydrogen (secondary N) is 1. The highest BCUT2D eigenvalue weighted by Gasteiger charge is 2.36. The minimum absolute atomic E-state index is 0.415. The molecule has 0 fully saturated rings. The molecule has 0 aliphatic heterocycles. The molecule has 1 aromatic heterocycles. The van der Waals surface area contributed by atoms with Crippen molar-refractivity contribution >= 4 is 17.1 Å². The van der Waals surface area contributed by atoms with Crippen molar-refractivity contribution in [2.45, 2.75) is 25.0 Å². The first-order valence-electron chi connectivity index (χ1n) is 5.87. The molecule has 1 aliphatic rings. The van der Waals surface area contributed by atoms with Crippen LogP contribution in [0.5, 0.6) is 0 Å². The highest BCUT2D eigenvalue weighted by Crippen LogP contribution is 2.33. The summed E-state index contributed by atoms with van der Waals surface area (Å²) in [6.45, 7) is 0. The third kappa shape index (κ3) is 1.73. The van der Waals surface area contributed by atoms with Crippen molar-refractivity contribution in [1.29, 1.82) is 0 Å². The van der Waals surface area contributed by atoms with Gasteiger partial charge in [0.25, 0.3) is 0 Å². The fraction of sp³-hybridized carbons (Fsp3) is 0.308. The Bertz CT molecular complexity index is 620. The van der Waals surface area contributed by atoms with E-state index in [1.54, 1.807) is 0 Å². The first kappa shape index (κ1) is 11.1. The second kappa shape index (κ2) is 3.74. The normalized spacial score (nSPS) is 22.7. The highest BCUT2D eigenvalue weighted by molar-refractivity contribution is 5.85. The van der Waals surface area contributed by atoms with E-state index in [0.29, 0.717) is 19.3 Å². The fourth-order valence-electron chi connectivity index (χ4n) is 2.66. The van der Waals surface area contributed by atoms with Crippen LogP contribution in [0.15, 0.2) is 24.3 Å². The van der Waals surface area contributed by atoms with Crippen molar-refractivity contribution in [3.63, 3.8) is 0 Å². The summed E-state index contributed by atoms with van der Waals surface area (Å²) in [7, 11) is 0. The number of nitrogens with two attached hydrogens (primary N) is 1. The van der Waals surface area contributed by atoms with Crippen LogP contribution in [-0.4, -0.2) is 22.0 Å². The van der Waals surface area contributed by atoms with Gasteiger partial charge in [0.15, 0.2) is 5.72 Å². The standard InChI is InChI=1S/C13H14N2O3/c14-13(18-12(16)17)6-5-11-9(7-13)8-3-1-2-4-10(8)15-11/h1-4,15H,5-7,14H2,(H,16,17). The quantitative estimate of drug-likeness (QED) is 0.530. The minimum atomic E-state index is -1.32. The number of ether oxygens (including phenoxy) is 1. The lowest BCUT2D eigenvalue weighted by atomic mass is 9.89. The Balaban J connectivity index is 2.03. The molecular formula is C13H14N2O3. The van der Waals surface area contributed by atoms with E-state index < -0.39 is 11.9 Å². The van der Waals surface area contributed by atoms with Gasteiger partial charge < -0.3 is 14.8 Å². The molecule has 1 aliphatic carbocycles. The van der Waals surface area contributed by atoms with Crippen molar-refractivity contribution in [2.75, 3.05) is 0 Å². The Labute approximate surface area is 104 Å². The van der Waals surface area contributed by atoms with Gasteiger partial charge in [0, 0.05) is 29.4 Å². The summed E-state index contributed by atoms with van der Waals surface area (Å²) in [6.07, 6.45) is 0.298. The van der Waals surface area contributed by atoms with Gasteiger partial charge in [-0.1, -0.05) is 18.2 Å². The molecule has 0 amide bonds. The van der Waals surface area contributed by atoms with Gasteiger partial charge >= 0.3 is 6.16 Å². The maximum absolute atomic E-state index is 10.7. The molecule has 3 rings (SSSR count). The number of hydrogen-bond donors (Lipinski definition) is 3. The number of rotatable bonds is 1. The molecule has 4 N–H and O–H groups in total.